The van der Waals surface area contributed by atoms with Gasteiger partial charge in [0.1, 0.15) is 11.5 Å². The van der Waals surface area contributed by atoms with Crippen molar-refractivity contribution in [3.8, 4) is 34.8 Å². The van der Waals surface area contributed by atoms with Gasteiger partial charge in [0.15, 0.2) is 11.5 Å². The van der Waals surface area contributed by atoms with Gasteiger partial charge in [0, 0.05) is 34.4 Å². The summed E-state index contributed by atoms with van der Waals surface area (Å²) >= 11 is 0. The zero-order chi connectivity index (χ0) is 26.2. The van der Waals surface area contributed by atoms with E-state index >= 15 is 0 Å². The van der Waals surface area contributed by atoms with Crippen molar-refractivity contribution in [3.63, 3.8) is 0 Å². The van der Waals surface area contributed by atoms with Crippen LogP contribution in [0.4, 0.5) is 0 Å². The first-order valence-corrected chi connectivity index (χ1v) is 10.6. The first kappa shape index (κ1) is 25.8. The molecular formula is C28H24O8. The van der Waals surface area contributed by atoms with Gasteiger partial charge >= 0.3 is 5.97 Å². The van der Waals surface area contributed by atoms with Crippen molar-refractivity contribution in [1.29, 1.82) is 0 Å². The summed E-state index contributed by atoms with van der Waals surface area (Å²) < 4.78 is 25.9. The average molecular weight is 488 g/mol. The lowest BCUT2D eigenvalue weighted by atomic mass is 9.96. The van der Waals surface area contributed by atoms with E-state index in [0.29, 0.717) is 22.8 Å². The van der Waals surface area contributed by atoms with Gasteiger partial charge in [-0.2, -0.15) is 0 Å². The summed E-state index contributed by atoms with van der Waals surface area (Å²) in [5, 5.41) is 0. The molecule has 0 aromatic heterocycles. The summed E-state index contributed by atoms with van der Waals surface area (Å²) in [5.74, 6) is 5.51. The minimum Gasteiger partial charge on any atom is -0.497 e. The zero-order valence-electron chi connectivity index (χ0n) is 20.5. The summed E-state index contributed by atoms with van der Waals surface area (Å²) in [6.45, 7) is 0. The van der Waals surface area contributed by atoms with Crippen molar-refractivity contribution in [3.05, 3.63) is 82.4 Å². The molecule has 184 valence electrons. The third kappa shape index (κ3) is 5.65. The van der Waals surface area contributed by atoms with Crippen molar-refractivity contribution in [2.45, 2.75) is 0 Å². The number of ketones is 2. The van der Waals surface area contributed by atoms with Crippen LogP contribution in [0.5, 0.6) is 23.0 Å². The molecule has 0 saturated carbocycles. The van der Waals surface area contributed by atoms with Crippen molar-refractivity contribution in [2.75, 3.05) is 35.5 Å². The smallest absolute Gasteiger partial charge is 0.337 e. The summed E-state index contributed by atoms with van der Waals surface area (Å²) in [5.41, 5.74) is 1.24. The molecule has 0 aliphatic carbocycles. The van der Waals surface area contributed by atoms with Gasteiger partial charge < -0.3 is 23.7 Å². The third-order valence-corrected chi connectivity index (χ3v) is 5.24. The van der Waals surface area contributed by atoms with E-state index in [1.165, 1.54) is 71.9 Å². The Hall–Kier alpha value is -4.77. The quantitative estimate of drug-likeness (QED) is 0.203. The highest BCUT2D eigenvalue weighted by molar-refractivity contribution is 6.49. The second kappa shape index (κ2) is 11.6. The van der Waals surface area contributed by atoms with Gasteiger partial charge in [-0.25, -0.2) is 4.79 Å². The Kier molecular flexibility index (Phi) is 8.31. The molecule has 0 saturated heterocycles. The molecule has 0 aliphatic rings. The normalized spacial score (nSPS) is 9.92. The lowest BCUT2D eigenvalue weighted by molar-refractivity contribution is 0.0600. The van der Waals surface area contributed by atoms with E-state index in [2.05, 4.69) is 16.6 Å². The lowest BCUT2D eigenvalue weighted by Crippen LogP contribution is -2.16. The second-order valence-electron chi connectivity index (χ2n) is 7.33. The highest BCUT2D eigenvalue weighted by Crippen LogP contribution is 2.31. The number of carbonyl (C=O) groups is 3. The molecular weight excluding hydrogens is 464 g/mol. The highest BCUT2D eigenvalue weighted by Gasteiger charge is 2.24. The summed E-state index contributed by atoms with van der Waals surface area (Å²) in [7, 11) is 7.19. The second-order valence-corrected chi connectivity index (χ2v) is 7.33. The Morgan fingerprint density at radius 1 is 0.611 bits per heavy atom. The molecule has 0 bridgehead atoms. The molecule has 3 aromatic carbocycles. The fourth-order valence-corrected chi connectivity index (χ4v) is 3.32. The van der Waals surface area contributed by atoms with E-state index in [-0.39, 0.29) is 28.0 Å². The van der Waals surface area contributed by atoms with E-state index in [1.54, 1.807) is 18.2 Å². The van der Waals surface area contributed by atoms with E-state index < -0.39 is 17.5 Å². The topological polar surface area (TPSA) is 97.4 Å². The van der Waals surface area contributed by atoms with Crippen LogP contribution in [0.2, 0.25) is 0 Å². The van der Waals surface area contributed by atoms with Crippen molar-refractivity contribution < 1.29 is 38.1 Å². The number of rotatable bonds is 8. The third-order valence-electron chi connectivity index (χ3n) is 5.24. The summed E-state index contributed by atoms with van der Waals surface area (Å²) in [6.07, 6.45) is 0. The number of esters is 1. The number of methoxy groups -OCH3 is 5. The number of hydrogen-bond donors (Lipinski definition) is 0. The van der Waals surface area contributed by atoms with Crippen LogP contribution in [0.25, 0.3) is 0 Å². The lowest BCUT2D eigenvalue weighted by Gasteiger charge is -2.11. The largest absolute Gasteiger partial charge is 0.497 e. The van der Waals surface area contributed by atoms with Crippen LogP contribution in [0, 0.1) is 11.8 Å². The van der Waals surface area contributed by atoms with E-state index in [1.807, 2.05) is 0 Å². The number of ether oxygens (including phenoxy) is 5. The van der Waals surface area contributed by atoms with Crippen molar-refractivity contribution in [1.82, 2.24) is 0 Å². The molecule has 0 heterocycles. The Bertz CT molecular complexity index is 1340. The molecule has 3 aromatic rings. The molecule has 36 heavy (non-hydrogen) atoms. The molecule has 3 rings (SSSR count). The summed E-state index contributed by atoms with van der Waals surface area (Å²) in [6, 6.07) is 13.7. The minimum atomic E-state index is -0.797. The molecule has 8 nitrogen and oxygen atoms in total. The molecule has 8 heteroatoms. The Labute approximate surface area is 208 Å². The number of Topliss-reactive ketones (excluding diaryl/α,β-unsaturated/α-hetero) is 2. The first-order chi connectivity index (χ1) is 17.3. The van der Waals surface area contributed by atoms with Crippen molar-refractivity contribution in [2.24, 2.45) is 0 Å². The highest BCUT2D eigenvalue weighted by atomic mass is 16.5. The van der Waals surface area contributed by atoms with Crippen LogP contribution >= 0.6 is 0 Å². The number of benzene rings is 3. The van der Waals surface area contributed by atoms with Crippen LogP contribution in [-0.2, 0) is 4.74 Å². The Balaban J connectivity index is 2.06. The monoisotopic (exact) mass is 488 g/mol. The predicted octanol–water partition coefficient (Wildman–Crippen LogP) is 3.97. The van der Waals surface area contributed by atoms with Gasteiger partial charge in [0.25, 0.3) is 0 Å². The maximum atomic E-state index is 13.3. The number of carbonyl (C=O) groups excluding carboxylic acids is 3. The van der Waals surface area contributed by atoms with Gasteiger partial charge in [-0.05, 0) is 30.3 Å². The Morgan fingerprint density at radius 3 is 1.69 bits per heavy atom. The minimum absolute atomic E-state index is 0.0389. The van der Waals surface area contributed by atoms with Gasteiger partial charge in [-0.3, -0.25) is 9.59 Å². The average Bonchev–Trinajstić information content (AvgIpc) is 2.93. The van der Waals surface area contributed by atoms with Crippen LogP contribution in [-0.4, -0.2) is 53.1 Å². The molecule has 0 aliphatic heterocycles. The van der Waals surface area contributed by atoms with Crippen LogP contribution in [0.1, 0.15) is 42.2 Å². The molecule has 0 amide bonds. The molecule has 0 radical (unpaired) electrons. The first-order valence-electron chi connectivity index (χ1n) is 10.6. The summed E-state index contributed by atoms with van der Waals surface area (Å²) in [4.78, 5) is 38.0. The van der Waals surface area contributed by atoms with Gasteiger partial charge in [0.2, 0.25) is 11.6 Å². The maximum Gasteiger partial charge on any atom is 0.337 e. The van der Waals surface area contributed by atoms with Crippen molar-refractivity contribution >= 4 is 17.5 Å². The standard InChI is InChI=1S/C28H24O8/c1-32-21-12-17(13-22(15-21)33-2)6-7-20-14-24(34-3)25(35-4)16-23(20)27(30)26(29)18-8-10-19(11-9-18)28(31)36-5/h8-16H,1-5H3. The zero-order valence-corrected chi connectivity index (χ0v) is 20.5. The van der Waals surface area contributed by atoms with E-state index in [0.717, 1.165) is 0 Å². The van der Waals surface area contributed by atoms with Gasteiger partial charge in [0.05, 0.1) is 41.1 Å². The van der Waals surface area contributed by atoms with Crippen LogP contribution in [0.15, 0.2) is 54.6 Å². The molecule has 0 N–H and O–H groups in total. The number of hydrogen-bond acceptors (Lipinski definition) is 8. The van der Waals surface area contributed by atoms with Gasteiger partial charge in [-0.1, -0.05) is 24.0 Å². The van der Waals surface area contributed by atoms with E-state index in [4.69, 9.17) is 18.9 Å². The maximum absolute atomic E-state index is 13.3. The SMILES string of the molecule is COC(=O)c1ccc(C(=O)C(=O)c2cc(OC)c(OC)cc2C#Cc2cc(OC)cc(OC)c2)cc1. The van der Waals surface area contributed by atoms with Crippen LogP contribution < -0.4 is 18.9 Å². The molecule has 0 fully saturated rings. The van der Waals surface area contributed by atoms with E-state index in [9.17, 15) is 14.4 Å². The molecule has 0 unspecified atom stereocenters. The fraction of sp³-hybridized carbons (Fsp3) is 0.179. The molecule has 0 spiro atoms. The fourth-order valence-electron chi connectivity index (χ4n) is 3.32. The predicted molar refractivity (Wildman–Crippen MR) is 132 cm³/mol. The molecule has 0 atom stereocenters. The Morgan fingerprint density at radius 2 is 1.17 bits per heavy atom. The van der Waals surface area contributed by atoms with Gasteiger partial charge in [-0.15, -0.1) is 0 Å². The van der Waals surface area contributed by atoms with Crippen LogP contribution in [0.3, 0.4) is 0 Å².